The first-order valence-corrected chi connectivity index (χ1v) is 6.83. The first-order valence-electron chi connectivity index (χ1n) is 6.83. The van der Waals surface area contributed by atoms with Crippen molar-refractivity contribution in [2.24, 2.45) is 0 Å². The second-order valence-corrected chi connectivity index (χ2v) is 4.78. The molecule has 1 N–H and O–H groups in total. The van der Waals surface area contributed by atoms with Crippen LogP contribution in [0.15, 0.2) is 24.3 Å². The van der Waals surface area contributed by atoms with Crippen LogP contribution in [0.1, 0.15) is 23.7 Å². The summed E-state index contributed by atoms with van der Waals surface area (Å²) in [6, 6.07) is 8.13. The third-order valence-corrected chi connectivity index (χ3v) is 3.27. The second-order valence-electron chi connectivity index (χ2n) is 4.78. The molecule has 0 fully saturated rings. The molecule has 0 spiro atoms. The first-order chi connectivity index (χ1) is 9.65. The lowest BCUT2D eigenvalue weighted by molar-refractivity contribution is 0.181. The zero-order valence-corrected chi connectivity index (χ0v) is 12.5. The molecule has 0 radical (unpaired) electrons. The van der Waals surface area contributed by atoms with Crippen LogP contribution in [-0.4, -0.2) is 23.6 Å². The fraction of sp³-hybridized carbons (Fsp3) is 0.375. The van der Waals surface area contributed by atoms with E-state index in [-0.39, 0.29) is 0 Å². The van der Waals surface area contributed by atoms with Crippen molar-refractivity contribution in [3.8, 4) is 11.4 Å². The topological polar surface area (TPSA) is 47.0 Å². The lowest BCUT2D eigenvalue weighted by atomic mass is 10.0. The third kappa shape index (κ3) is 3.14. The molecule has 106 valence electrons. The smallest absolute Gasteiger partial charge is 0.162 e. The summed E-state index contributed by atoms with van der Waals surface area (Å²) in [6.45, 7) is 7.57. The van der Waals surface area contributed by atoms with Gasteiger partial charge in [0.25, 0.3) is 0 Å². The number of rotatable bonds is 5. The van der Waals surface area contributed by atoms with Gasteiger partial charge in [0.05, 0.1) is 12.3 Å². The lowest BCUT2D eigenvalue weighted by Crippen LogP contribution is -2.05. The molecule has 4 nitrogen and oxygen atoms in total. The van der Waals surface area contributed by atoms with Gasteiger partial charge in [0, 0.05) is 25.3 Å². The normalized spacial score (nSPS) is 10.6. The van der Waals surface area contributed by atoms with E-state index in [1.165, 1.54) is 11.1 Å². The van der Waals surface area contributed by atoms with Crippen molar-refractivity contribution in [3.05, 3.63) is 41.1 Å². The van der Waals surface area contributed by atoms with Crippen molar-refractivity contribution >= 4 is 5.82 Å². The van der Waals surface area contributed by atoms with Crippen LogP contribution in [0.4, 0.5) is 5.82 Å². The van der Waals surface area contributed by atoms with Crippen LogP contribution in [0.2, 0.25) is 0 Å². The maximum atomic E-state index is 5.19. The molecule has 0 aliphatic heterocycles. The largest absolute Gasteiger partial charge is 0.378 e. The zero-order valence-electron chi connectivity index (χ0n) is 12.5. The highest BCUT2D eigenvalue weighted by Crippen LogP contribution is 2.24. The number of hydrogen-bond donors (Lipinski definition) is 1. The summed E-state index contributed by atoms with van der Waals surface area (Å²) in [5.74, 6) is 1.59. The standard InChI is InChI=1S/C16H21N3O/c1-5-17-15-9-13(10-20-4)18-16(19-15)14-8-6-7-11(2)12(14)3/h6-9H,5,10H2,1-4H3,(H,17,18,19). The Labute approximate surface area is 120 Å². The van der Waals surface area contributed by atoms with Gasteiger partial charge in [-0.05, 0) is 31.9 Å². The zero-order chi connectivity index (χ0) is 14.5. The van der Waals surface area contributed by atoms with Crippen molar-refractivity contribution in [2.75, 3.05) is 19.0 Å². The summed E-state index contributed by atoms with van der Waals surface area (Å²) in [7, 11) is 1.67. The van der Waals surface area contributed by atoms with E-state index in [0.717, 1.165) is 29.4 Å². The Hall–Kier alpha value is -1.94. The molecule has 2 rings (SSSR count). The molecular formula is C16H21N3O. The fourth-order valence-corrected chi connectivity index (χ4v) is 2.10. The Morgan fingerprint density at radius 3 is 2.70 bits per heavy atom. The molecule has 0 saturated carbocycles. The maximum Gasteiger partial charge on any atom is 0.162 e. The third-order valence-electron chi connectivity index (χ3n) is 3.27. The highest BCUT2D eigenvalue weighted by Gasteiger charge is 2.10. The molecule has 4 heteroatoms. The van der Waals surface area contributed by atoms with Gasteiger partial charge < -0.3 is 10.1 Å². The van der Waals surface area contributed by atoms with Crippen LogP contribution in [0.25, 0.3) is 11.4 Å². The number of nitrogens with one attached hydrogen (secondary N) is 1. The van der Waals surface area contributed by atoms with Gasteiger partial charge in [-0.1, -0.05) is 18.2 Å². The average molecular weight is 271 g/mol. The van der Waals surface area contributed by atoms with Crippen LogP contribution in [0, 0.1) is 13.8 Å². The molecule has 0 saturated heterocycles. The van der Waals surface area contributed by atoms with E-state index in [4.69, 9.17) is 4.74 Å². The van der Waals surface area contributed by atoms with Gasteiger partial charge in [0.1, 0.15) is 5.82 Å². The molecule has 0 amide bonds. The van der Waals surface area contributed by atoms with E-state index in [1.54, 1.807) is 7.11 Å². The Morgan fingerprint density at radius 2 is 2.00 bits per heavy atom. The number of aromatic nitrogens is 2. The van der Waals surface area contributed by atoms with Gasteiger partial charge in [0.15, 0.2) is 5.82 Å². The number of aryl methyl sites for hydroxylation is 1. The van der Waals surface area contributed by atoms with Crippen molar-refractivity contribution in [1.29, 1.82) is 0 Å². The van der Waals surface area contributed by atoms with Crippen molar-refractivity contribution in [1.82, 2.24) is 9.97 Å². The molecule has 0 bridgehead atoms. The minimum Gasteiger partial charge on any atom is -0.378 e. The van der Waals surface area contributed by atoms with Crippen LogP contribution < -0.4 is 5.32 Å². The number of methoxy groups -OCH3 is 1. The van der Waals surface area contributed by atoms with E-state index in [2.05, 4.69) is 48.2 Å². The number of hydrogen-bond acceptors (Lipinski definition) is 4. The minimum absolute atomic E-state index is 0.485. The van der Waals surface area contributed by atoms with Crippen LogP contribution in [0.5, 0.6) is 0 Å². The van der Waals surface area contributed by atoms with Crippen molar-refractivity contribution in [3.63, 3.8) is 0 Å². The van der Waals surface area contributed by atoms with Gasteiger partial charge in [-0.15, -0.1) is 0 Å². The number of ether oxygens (including phenoxy) is 1. The van der Waals surface area contributed by atoms with Gasteiger partial charge in [-0.3, -0.25) is 0 Å². The Morgan fingerprint density at radius 1 is 1.20 bits per heavy atom. The maximum absolute atomic E-state index is 5.19. The van der Waals surface area contributed by atoms with Crippen LogP contribution >= 0.6 is 0 Å². The number of anilines is 1. The Balaban J connectivity index is 2.51. The molecule has 2 aromatic rings. The predicted octanol–water partition coefficient (Wildman–Crippen LogP) is 3.34. The second kappa shape index (κ2) is 6.48. The summed E-state index contributed by atoms with van der Waals surface area (Å²) in [5, 5.41) is 3.24. The van der Waals surface area contributed by atoms with Crippen LogP contribution in [-0.2, 0) is 11.3 Å². The number of benzene rings is 1. The average Bonchev–Trinajstić information content (AvgIpc) is 2.42. The number of nitrogens with zero attached hydrogens (tertiary/aromatic N) is 2. The fourth-order valence-electron chi connectivity index (χ4n) is 2.10. The molecule has 0 aliphatic rings. The van der Waals surface area contributed by atoms with Crippen LogP contribution in [0.3, 0.4) is 0 Å². The monoisotopic (exact) mass is 271 g/mol. The van der Waals surface area contributed by atoms with Gasteiger partial charge in [-0.25, -0.2) is 9.97 Å². The summed E-state index contributed by atoms with van der Waals surface area (Å²) in [5.41, 5.74) is 4.41. The van der Waals surface area contributed by atoms with Crippen molar-refractivity contribution in [2.45, 2.75) is 27.4 Å². The SMILES string of the molecule is CCNc1cc(COC)nc(-c2cccc(C)c2C)n1. The predicted molar refractivity (Wildman–Crippen MR) is 81.8 cm³/mol. The molecule has 20 heavy (non-hydrogen) atoms. The molecular weight excluding hydrogens is 250 g/mol. The van der Waals surface area contributed by atoms with Gasteiger partial charge in [0.2, 0.25) is 0 Å². The summed E-state index contributed by atoms with van der Waals surface area (Å²) in [6.07, 6.45) is 0. The molecule has 1 heterocycles. The summed E-state index contributed by atoms with van der Waals surface area (Å²) >= 11 is 0. The molecule has 0 atom stereocenters. The molecule has 0 aliphatic carbocycles. The Kier molecular flexibility index (Phi) is 4.69. The van der Waals surface area contributed by atoms with E-state index in [1.807, 2.05) is 12.1 Å². The highest BCUT2D eigenvalue weighted by molar-refractivity contribution is 5.63. The first kappa shape index (κ1) is 14.5. The molecule has 0 unspecified atom stereocenters. The van der Waals surface area contributed by atoms with Gasteiger partial charge in [-0.2, -0.15) is 0 Å². The molecule has 1 aromatic carbocycles. The summed E-state index contributed by atoms with van der Waals surface area (Å²) in [4.78, 5) is 9.20. The van der Waals surface area contributed by atoms with Crippen molar-refractivity contribution < 1.29 is 4.74 Å². The lowest BCUT2D eigenvalue weighted by Gasteiger charge is -2.11. The molecule has 1 aromatic heterocycles. The summed E-state index contributed by atoms with van der Waals surface area (Å²) < 4.78 is 5.19. The quantitative estimate of drug-likeness (QED) is 0.906. The Bertz CT molecular complexity index is 572. The van der Waals surface area contributed by atoms with E-state index < -0.39 is 0 Å². The van der Waals surface area contributed by atoms with E-state index in [0.29, 0.717) is 6.61 Å². The van der Waals surface area contributed by atoms with E-state index >= 15 is 0 Å². The highest BCUT2D eigenvalue weighted by atomic mass is 16.5. The minimum atomic E-state index is 0.485. The van der Waals surface area contributed by atoms with E-state index in [9.17, 15) is 0 Å². The van der Waals surface area contributed by atoms with Gasteiger partial charge >= 0.3 is 0 Å².